The molecular weight excluding hydrogens is 823 g/mol. The van der Waals surface area contributed by atoms with E-state index in [0.717, 1.165) is 51.4 Å². The summed E-state index contributed by atoms with van der Waals surface area (Å²) in [5.41, 5.74) is 0. The van der Waals surface area contributed by atoms with Crippen molar-refractivity contribution in [2.45, 2.75) is 301 Å². The third kappa shape index (κ3) is 34.1. The second kappa shape index (κ2) is 41.3. The fraction of sp³-hybridized carbons (Fsp3) is 0.980. The van der Waals surface area contributed by atoms with Gasteiger partial charge in [0.15, 0.2) is 6.29 Å². The van der Waals surface area contributed by atoms with Gasteiger partial charge in [0, 0.05) is 6.42 Å². The predicted octanol–water partition coefficient (Wildman–Crippen LogP) is 11.3. The lowest BCUT2D eigenvalue weighted by Crippen LogP contribution is -2.61. The van der Waals surface area contributed by atoms with Crippen molar-refractivity contribution in [3.63, 3.8) is 0 Å². The second-order valence-electron chi connectivity index (χ2n) is 18.8. The molecule has 0 aromatic rings. The van der Waals surface area contributed by atoms with E-state index in [1.54, 1.807) is 0 Å². The molecule has 0 aliphatic carbocycles. The molecule has 376 valence electrons. The van der Waals surface area contributed by atoms with Gasteiger partial charge in [-0.3, -0.25) is 9.35 Å². The van der Waals surface area contributed by atoms with Crippen LogP contribution in [0.15, 0.2) is 0 Å². The molecule has 0 radical (unpaired) electrons. The van der Waals surface area contributed by atoms with Crippen molar-refractivity contribution in [2.75, 3.05) is 13.2 Å². The Morgan fingerprint density at radius 3 is 1.27 bits per heavy atom. The number of aliphatic hydroxyl groups excluding tert-OH is 4. The third-order valence-corrected chi connectivity index (χ3v) is 13.4. The van der Waals surface area contributed by atoms with Crippen molar-refractivity contribution in [1.82, 2.24) is 5.32 Å². The molecule has 13 heteroatoms. The first-order valence-corrected chi connectivity index (χ1v) is 27.8. The minimum absolute atomic E-state index is 0.224. The van der Waals surface area contributed by atoms with Crippen LogP contribution in [0, 0.1) is 0 Å². The first-order valence-electron chi connectivity index (χ1n) is 26.4. The van der Waals surface area contributed by atoms with Gasteiger partial charge >= 0.3 is 10.4 Å². The van der Waals surface area contributed by atoms with Crippen LogP contribution in [-0.2, 0) is 28.9 Å². The average molecular weight is 922 g/mol. The smallest absolute Gasteiger partial charge is 0.394 e. The van der Waals surface area contributed by atoms with E-state index in [0.29, 0.717) is 12.8 Å². The maximum atomic E-state index is 13.1. The lowest BCUT2D eigenvalue weighted by molar-refractivity contribution is -0.298. The molecule has 1 aliphatic rings. The molecule has 7 atom stereocenters. The van der Waals surface area contributed by atoms with Crippen LogP contribution < -0.4 is 5.32 Å². The van der Waals surface area contributed by atoms with E-state index < -0.39 is 59.9 Å². The molecule has 0 bridgehead atoms. The zero-order valence-electron chi connectivity index (χ0n) is 40.4. The van der Waals surface area contributed by atoms with Gasteiger partial charge in [0.25, 0.3) is 0 Å². The maximum Gasteiger partial charge on any atom is 0.397 e. The highest BCUT2D eigenvalue weighted by atomic mass is 32.3. The summed E-state index contributed by atoms with van der Waals surface area (Å²) in [5, 5.41) is 45.0. The summed E-state index contributed by atoms with van der Waals surface area (Å²) in [6.45, 7) is 3.48. The Hall–Kier alpha value is -0.900. The summed E-state index contributed by atoms with van der Waals surface area (Å²) >= 11 is 0. The summed E-state index contributed by atoms with van der Waals surface area (Å²) in [5.74, 6) is -0.224. The van der Waals surface area contributed by atoms with Crippen LogP contribution in [0.25, 0.3) is 0 Å². The Balaban J connectivity index is 2.40. The molecule has 1 rings (SSSR count). The quantitative estimate of drug-likeness (QED) is 0.0251. The van der Waals surface area contributed by atoms with Gasteiger partial charge in [-0.2, -0.15) is 8.42 Å². The van der Waals surface area contributed by atoms with Gasteiger partial charge in [0.05, 0.1) is 25.4 Å². The molecule has 1 aliphatic heterocycles. The van der Waals surface area contributed by atoms with Gasteiger partial charge < -0.3 is 35.2 Å². The Morgan fingerprint density at radius 2 is 0.921 bits per heavy atom. The maximum absolute atomic E-state index is 13.1. The molecule has 1 heterocycles. The zero-order valence-corrected chi connectivity index (χ0v) is 41.2. The first-order chi connectivity index (χ1) is 30.5. The number of nitrogens with one attached hydrogen (secondary N) is 1. The van der Waals surface area contributed by atoms with E-state index >= 15 is 0 Å². The molecule has 0 saturated carbocycles. The number of amides is 1. The topological polar surface area (TPSA) is 192 Å². The van der Waals surface area contributed by atoms with Gasteiger partial charge in [0.1, 0.15) is 24.4 Å². The van der Waals surface area contributed by atoms with Crippen LogP contribution >= 0.6 is 0 Å². The van der Waals surface area contributed by atoms with E-state index in [4.69, 9.17) is 9.47 Å². The monoisotopic (exact) mass is 922 g/mol. The van der Waals surface area contributed by atoms with E-state index in [-0.39, 0.29) is 12.5 Å². The number of carbonyl (C=O) groups excluding carboxylic acids is 1. The van der Waals surface area contributed by atoms with Gasteiger partial charge in [-0.15, -0.1) is 0 Å². The highest BCUT2D eigenvalue weighted by Crippen LogP contribution is 2.26. The molecule has 0 spiro atoms. The zero-order chi connectivity index (χ0) is 46.2. The molecule has 1 amide bonds. The molecule has 12 nitrogen and oxygen atoms in total. The second-order valence-corrected chi connectivity index (χ2v) is 19.9. The van der Waals surface area contributed by atoms with Crippen molar-refractivity contribution in [3.8, 4) is 0 Å². The number of aliphatic hydroxyl groups is 4. The lowest BCUT2D eigenvalue weighted by Gasteiger charge is -2.41. The molecule has 63 heavy (non-hydrogen) atoms. The molecule has 6 N–H and O–H groups in total. The molecule has 0 aromatic heterocycles. The summed E-state index contributed by atoms with van der Waals surface area (Å²) in [7, 11) is -5.07. The molecule has 1 fully saturated rings. The van der Waals surface area contributed by atoms with Crippen LogP contribution in [0.4, 0.5) is 0 Å². The van der Waals surface area contributed by atoms with Gasteiger partial charge in [-0.25, -0.2) is 4.18 Å². The number of hydrogen-bond donors (Lipinski definition) is 6. The van der Waals surface area contributed by atoms with Gasteiger partial charge in [0.2, 0.25) is 5.91 Å². The highest BCUT2D eigenvalue weighted by molar-refractivity contribution is 7.80. The van der Waals surface area contributed by atoms with Crippen molar-refractivity contribution in [2.24, 2.45) is 0 Å². The van der Waals surface area contributed by atoms with E-state index in [9.17, 15) is 38.2 Å². The van der Waals surface area contributed by atoms with Crippen LogP contribution in [0.3, 0.4) is 0 Å². The van der Waals surface area contributed by atoms with Crippen LogP contribution in [0.5, 0.6) is 0 Å². The van der Waals surface area contributed by atoms with E-state index in [2.05, 4.69) is 23.3 Å². The normalized spacial score (nSPS) is 20.3. The number of carbonyl (C=O) groups is 1. The third-order valence-electron chi connectivity index (χ3n) is 12.9. The fourth-order valence-electron chi connectivity index (χ4n) is 8.81. The number of hydrogen-bond acceptors (Lipinski definition) is 10. The molecular formula is C50H99NO11S. The summed E-state index contributed by atoms with van der Waals surface area (Å²) < 4.78 is 47.8. The van der Waals surface area contributed by atoms with E-state index in [1.165, 1.54) is 180 Å². The van der Waals surface area contributed by atoms with Crippen LogP contribution in [0.1, 0.15) is 258 Å². The van der Waals surface area contributed by atoms with Crippen molar-refractivity contribution in [3.05, 3.63) is 0 Å². The van der Waals surface area contributed by atoms with Crippen LogP contribution in [-0.4, -0.2) is 95.4 Å². The van der Waals surface area contributed by atoms with Gasteiger partial charge in [-0.1, -0.05) is 239 Å². The standard InChI is InChI=1S/C50H99NO11S/c1-3-5-7-9-11-13-15-17-19-21-22-23-24-26-28-30-32-34-36-38-40-46(54)51-43(42-60-50-48(56)49(62-63(57,58)59)47(55)45(41-52)61-50)44(53)39-37-35-33-31-29-27-25-20-18-16-14-12-10-8-6-4-2/h43-45,47-50,52-53,55-56H,3-42H2,1-2H3,(H,51,54)(H,57,58,59). The SMILES string of the molecule is CCCCCCCCCCCCCCCCCCCCCCC(=O)NC(COC1OC(CO)C(O)C(OS(=O)(=O)O)C1O)C(O)CCCCCCCCCCCCCCCCCC. The molecule has 0 aromatic carbocycles. The number of ether oxygens (including phenoxy) is 2. The first kappa shape index (κ1) is 60.1. The Bertz CT molecular complexity index is 1130. The molecule has 7 unspecified atom stereocenters. The van der Waals surface area contributed by atoms with Crippen molar-refractivity contribution >= 4 is 16.3 Å². The average Bonchev–Trinajstić information content (AvgIpc) is 3.25. The predicted molar refractivity (Wildman–Crippen MR) is 255 cm³/mol. The lowest BCUT2D eigenvalue weighted by atomic mass is 9.99. The van der Waals surface area contributed by atoms with Crippen LogP contribution in [0.2, 0.25) is 0 Å². The van der Waals surface area contributed by atoms with Crippen molar-refractivity contribution in [1.29, 1.82) is 0 Å². The Kier molecular flexibility index (Phi) is 39.4. The van der Waals surface area contributed by atoms with Gasteiger partial charge in [-0.05, 0) is 12.8 Å². The Morgan fingerprint density at radius 1 is 0.571 bits per heavy atom. The minimum Gasteiger partial charge on any atom is -0.394 e. The van der Waals surface area contributed by atoms with Crippen molar-refractivity contribution < 1.29 is 51.8 Å². The van der Waals surface area contributed by atoms with E-state index in [1.807, 2.05) is 0 Å². The molecule has 1 saturated heterocycles. The summed E-state index contributed by atoms with van der Waals surface area (Å²) in [6.07, 6.45) is 36.7. The minimum atomic E-state index is -5.07. The highest BCUT2D eigenvalue weighted by Gasteiger charge is 2.48. The largest absolute Gasteiger partial charge is 0.397 e. The number of rotatable bonds is 46. The fourth-order valence-corrected chi connectivity index (χ4v) is 9.32. The number of unbranched alkanes of at least 4 members (excludes halogenated alkanes) is 34. The summed E-state index contributed by atoms with van der Waals surface area (Å²) in [4.78, 5) is 13.1. The Labute approximate surface area is 386 Å². The summed E-state index contributed by atoms with van der Waals surface area (Å²) in [6, 6.07) is -0.852.